The summed E-state index contributed by atoms with van der Waals surface area (Å²) >= 11 is 0. The summed E-state index contributed by atoms with van der Waals surface area (Å²) in [4.78, 5) is 14.9. The summed E-state index contributed by atoms with van der Waals surface area (Å²) in [6.45, 7) is 3.98. The molecule has 0 saturated carbocycles. The average Bonchev–Trinajstić information content (AvgIpc) is 2.56. The Morgan fingerprint density at radius 1 is 1.32 bits per heavy atom. The van der Waals surface area contributed by atoms with E-state index < -0.39 is 0 Å². The standard InChI is InChI=1S/C16H25N3O3/c1-18(2)14-6-4-13(5-7-14)15(12-17-16(20)21-3)19-8-10-22-11-9-19/h4-7,15H,8-12H2,1-3H3,(H,17,20)/p+1/t15-/m0/s1. The number of morpholine rings is 1. The first-order chi connectivity index (χ1) is 10.6. The van der Waals surface area contributed by atoms with Crippen LogP contribution in [-0.4, -0.2) is 60.1 Å². The van der Waals surface area contributed by atoms with Gasteiger partial charge in [-0.05, 0) is 12.1 Å². The summed E-state index contributed by atoms with van der Waals surface area (Å²) in [7, 11) is 5.44. The van der Waals surface area contributed by atoms with Crippen LogP contribution < -0.4 is 15.1 Å². The molecule has 0 spiro atoms. The van der Waals surface area contributed by atoms with Crippen molar-refractivity contribution >= 4 is 11.8 Å². The van der Waals surface area contributed by atoms with E-state index in [2.05, 4.69) is 39.2 Å². The molecular formula is C16H26N3O3+. The van der Waals surface area contributed by atoms with Crippen molar-refractivity contribution in [2.75, 3.05) is 59.0 Å². The second-order valence-corrected chi connectivity index (χ2v) is 5.68. The van der Waals surface area contributed by atoms with Crippen molar-refractivity contribution in [2.45, 2.75) is 6.04 Å². The minimum Gasteiger partial charge on any atom is -0.453 e. The lowest BCUT2D eigenvalue weighted by Crippen LogP contribution is -3.15. The number of anilines is 1. The van der Waals surface area contributed by atoms with Crippen LogP contribution in [0.4, 0.5) is 10.5 Å². The lowest BCUT2D eigenvalue weighted by molar-refractivity contribution is -0.937. The highest BCUT2D eigenvalue weighted by Gasteiger charge is 2.27. The smallest absolute Gasteiger partial charge is 0.407 e. The molecule has 1 aromatic carbocycles. The zero-order chi connectivity index (χ0) is 15.9. The van der Waals surface area contributed by atoms with E-state index in [4.69, 9.17) is 4.74 Å². The van der Waals surface area contributed by atoms with Crippen molar-refractivity contribution < 1.29 is 19.2 Å². The van der Waals surface area contributed by atoms with E-state index in [0.29, 0.717) is 6.54 Å². The Bertz CT molecular complexity index is 470. The summed E-state index contributed by atoms with van der Waals surface area (Å²) in [5.41, 5.74) is 2.39. The predicted octanol–water partition coefficient (Wildman–Crippen LogP) is 0.0648. The maximum atomic E-state index is 11.4. The number of quaternary nitrogens is 1. The van der Waals surface area contributed by atoms with Gasteiger partial charge in [0.15, 0.2) is 0 Å². The normalized spacial score (nSPS) is 16.9. The first-order valence-corrected chi connectivity index (χ1v) is 7.63. The first kappa shape index (κ1) is 16.6. The minimum absolute atomic E-state index is 0.208. The maximum Gasteiger partial charge on any atom is 0.407 e. The van der Waals surface area contributed by atoms with Crippen molar-refractivity contribution in [3.05, 3.63) is 29.8 Å². The van der Waals surface area contributed by atoms with Crippen molar-refractivity contribution in [3.8, 4) is 0 Å². The molecule has 6 heteroatoms. The fourth-order valence-electron chi connectivity index (χ4n) is 2.74. The molecule has 1 aromatic rings. The summed E-state index contributed by atoms with van der Waals surface area (Å²) in [6.07, 6.45) is -0.387. The SMILES string of the molecule is COC(=O)NC[C@@H](c1ccc(N(C)C)cc1)[NH+]1CCOCC1. The van der Waals surface area contributed by atoms with E-state index in [1.54, 1.807) is 0 Å². The molecule has 6 nitrogen and oxygen atoms in total. The summed E-state index contributed by atoms with van der Waals surface area (Å²) in [5.74, 6) is 0. The number of ether oxygens (including phenoxy) is 2. The van der Waals surface area contributed by atoms with Crippen LogP contribution in [0.15, 0.2) is 24.3 Å². The Kier molecular flexibility index (Phi) is 6.03. The van der Waals surface area contributed by atoms with Gasteiger partial charge < -0.3 is 24.6 Å². The van der Waals surface area contributed by atoms with Gasteiger partial charge in [0.25, 0.3) is 0 Å². The van der Waals surface area contributed by atoms with Crippen molar-refractivity contribution in [2.24, 2.45) is 0 Å². The van der Waals surface area contributed by atoms with E-state index in [0.717, 1.165) is 26.3 Å². The molecule has 1 heterocycles. The van der Waals surface area contributed by atoms with Gasteiger partial charge in [-0.15, -0.1) is 0 Å². The number of alkyl carbamates (subject to hydrolysis) is 1. The monoisotopic (exact) mass is 308 g/mol. The Labute approximate surface area is 132 Å². The lowest BCUT2D eigenvalue weighted by atomic mass is 10.0. The number of hydrogen-bond donors (Lipinski definition) is 2. The quantitative estimate of drug-likeness (QED) is 0.808. The zero-order valence-electron chi connectivity index (χ0n) is 13.6. The van der Waals surface area contributed by atoms with Crippen LogP contribution in [-0.2, 0) is 9.47 Å². The van der Waals surface area contributed by atoms with Gasteiger partial charge >= 0.3 is 6.09 Å². The molecule has 1 fully saturated rings. The van der Waals surface area contributed by atoms with Crippen LogP contribution in [0.2, 0.25) is 0 Å². The van der Waals surface area contributed by atoms with Gasteiger partial charge in [0.05, 0.1) is 26.9 Å². The van der Waals surface area contributed by atoms with Gasteiger partial charge in [-0.2, -0.15) is 0 Å². The second-order valence-electron chi connectivity index (χ2n) is 5.68. The number of hydrogen-bond acceptors (Lipinski definition) is 4. The molecular weight excluding hydrogens is 282 g/mol. The molecule has 0 radical (unpaired) electrons. The Balaban J connectivity index is 2.12. The molecule has 2 N–H and O–H groups in total. The van der Waals surface area contributed by atoms with Crippen LogP contribution >= 0.6 is 0 Å². The number of methoxy groups -OCH3 is 1. The molecule has 22 heavy (non-hydrogen) atoms. The third-order valence-electron chi connectivity index (χ3n) is 4.08. The van der Waals surface area contributed by atoms with Crippen LogP contribution in [0.1, 0.15) is 11.6 Å². The van der Waals surface area contributed by atoms with Gasteiger partial charge in [0.2, 0.25) is 0 Å². The number of nitrogens with one attached hydrogen (secondary N) is 2. The lowest BCUT2D eigenvalue weighted by Gasteiger charge is -2.32. The van der Waals surface area contributed by atoms with Crippen LogP contribution in [0.5, 0.6) is 0 Å². The third-order valence-corrected chi connectivity index (χ3v) is 4.08. The van der Waals surface area contributed by atoms with Crippen molar-refractivity contribution in [3.63, 3.8) is 0 Å². The van der Waals surface area contributed by atoms with E-state index in [9.17, 15) is 4.79 Å². The number of amides is 1. The van der Waals surface area contributed by atoms with E-state index in [1.807, 2.05) is 14.1 Å². The number of rotatable bonds is 5. The van der Waals surface area contributed by atoms with Gasteiger partial charge in [0.1, 0.15) is 19.1 Å². The minimum atomic E-state index is -0.387. The number of benzene rings is 1. The molecule has 1 aliphatic rings. The average molecular weight is 308 g/mol. The molecule has 0 unspecified atom stereocenters. The second kappa shape index (κ2) is 8.00. The molecule has 2 rings (SSSR count). The topological polar surface area (TPSA) is 55.2 Å². The van der Waals surface area contributed by atoms with Gasteiger partial charge in [-0.25, -0.2) is 4.79 Å². The molecule has 1 atom stereocenters. The molecule has 0 bridgehead atoms. The molecule has 1 amide bonds. The third kappa shape index (κ3) is 4.35. The van der Waals surface area contributed by atoms with Gasteiger partial charge in [-0.3, -0.25) is 0 Å². The van der Waals surface area contributed by atoms with E-state index in [-0.39, 0.29) is 12.1 Å². The largest absolute Gasteiger partial charge is 0.453 e. The van der Waals surface area contributed by atoms with Crippen LogP contribution in [0, 0.1) is 0 Å². The Morgan fingerprint density at radius 2 is 1.95 bits per heavy atom. The summed E-state index contributed by atoms with van der Waals surface area (Å²) < 4.78 is 10.1. The number of carbonyl (C=O) groups excluding carboxylic acids is 1. The molecule has 122 valence electrons. The highest BCUT2D eigenvalue weighted by atomic mass is 16.5. The van der Waals surface area contributed by atoms with E-state index >= 15 is 0 Å². The Morgan fingerprint density at radius 3 is 2.50 bits per heavy atom. The fourth-order valence-corrected chi connectivity index (χ4v) is 2.74. The summed E-state index contributed by atoms with van der Waals surface area (Å²) in [6, 6.07) is 8.71. The fraction of sp³-hybridized carbons (Fsp3) is 0.562. The first-order valence-electron chi connectivity index (χ1n) is 7.63. The van der Waals surface area contributed by atoms with Crippen molar-refractivity contribution in [1.82, 2.24) is 5.32 Å². The Hall–Kier alpha value is -1.79. The van der Waals surface area contributed by atoms with Crippen LogP contribution in [0.25, 0.3) is 0 Å². The van der Waals surface area contributed by atoms with Crippen LogP contribution in [0.3, 0.4) is 0 Å². The predicted molar refractivity (Wildman–Crippen MR) is 85.4 cm³/mol. The van der Waals surface area contributed by atoms with Gasteiger partial charge in [0, 0.05) is 25.3 Å². The van der Waals surface area contributed by atoms with E-state index in [1.165, 1.54) is 23.3 Å². The highest BCUT2D eigenvalue weighted by Crippen LogP contribution is 2.16. The molecule has 0 aromatic heterocycles. The van der Waals surface area contributed by atoms with Gasteiger partial charge in [-0.1, -0.05) is 12.1 Å². The van der Waals surface area contributed by atoms with Crippen molar-refractivity contribution in [1.29, 1.82) is 0 Å². The number of carbonyl (C=O) groups is 1. The highest BCUT2D eigenvalue weighted by molar-refractivity contribution is 5.66. The molecule has 1 aliphatic heterocycles. The maximum absolute atomic E-state index is 11.4. The zero-order valence-corrected chi connectivity index (χ0v) is 13.6. The molecule has 0 aliphatic carbocycles. The molecule has 1 saturated heterocycles. The number of nitrogens with zero attached hydrogens (tertiary/aromatic N) is 1. The summed E-state index contributed by atoms with van der Waals surface area (Å²) in [5, 5.41) is 2.83.